The van der Waals surface area contributed by atoms with Crippen molar-refractivity contribution in [2.45, 2.75) is 30.9 Å². The Morgan fingerprint density at radius 2 is 2.32 bits per heavy atom. The smallest absolute Gasteiger partial charge is 0.317 e. The number of amides is 2. The van der Waals surface area contributed by atoms with Crippen molar-refractivity contribution in [3.63, 3.8) is 0 Å². The number of ether oxygens (including phenoxy) is 2. The normalized spacial score (nSPS) is 29.4. The van der Waals surface area contributed by atoms with Crippen molar-refractivity contribution in [2.24, 2.45) is 5.92 Å². The first-order valence-corrected chi connectivity index (χ1v) is 8.99. The van der Waals surface area contributed by atoms with Crippen LogP contribution in [0.5, 0.6) is 0 Å². The first-order chi connectivity index (χ1) is 12.2. The fourth-order valence-electron chi connectivity index (χ4n) is 3.49. The molecule has 2 N–H and O–H groups in total. The van der Waals surface area contributed by atoms with Gasteiger partial charge in [-0.15, -0.1) is 0 Å². The predicted molar refractivity (Wildman–Crippen MR) is 91.3 cm³/mol. The van der Waals surface area contributed by atoms with Crippen LogP contribution in [-0.2, 0) is 9.47 Å². The molecular formula is C17H25N5O3. The zero-order valence-electron chi connectivity index (χ0n) is 14.3. The van der Waals surface area contributed by atoms with E-state index in [1.54, 1.807) is 18.6 Å². The Labute approximate surface area is 147 Å². The molecule has 2 atom stereocenters. The number of nitrogens with zero attached hydrogens (tertiary/aromatic N) is 3. The number of carbonyl (C=O) groups is 1. The van der Waals surface area contributed by atoms with E-state index < -0.39 is 5.60 Å². The van der Waals surface area contributed by atoms with Crippen LogP contribution < -0.4 is 10.6 Å². The highest BCUT2D eigenvalue weighted by Gasteiger charge is 2.44. The lowest BCUT2D eigenvalue weighted by molar-refractivity contribution is -0.0530. The van der Waals surface area contributed by atoms with Crippen LogP contribution in [-0.4, -0.2) is 72.0 Å². The van der Waals surface area contributed by atoms with E-state index in [0.717, 1.165) is 31.6 Å². The van der Waals surface area contributed by atoms with Gasteiger partial charge in [-0.3, -0.25) is 4.98 Å². The molecule has 2 unspecified atom stereocenters. The molecule has 1 aliphatic carbocycles. The number of hydrogen-bond acceptors (Lipinski definition) is 6. The van der Waals surface area contributed by atoms with E-state index >= 15 is 0 Å². The van der Waals surface area contributed by atoms with Crippen LogP contribution in [0.1, 0.15) is 19.3 Å². The Bertz CT molecular complexity index is 597. The first-order valence-electron chi connectivity index (χ1n) is 8.99. The molecule has 25 heavy (non-hydrogen) atoms. The fraction of sp³-hybridized carbons (Fsp3) is 0.706. The average Bonchev–Trinajstić information content (AvgIpc) is 3.38. The van der Waals surface area contributed by atoms with Crippen molar-refractivity contribution in [3.05, 3.63) is 18.6 Å². The molecule has 4 rings (SSSR count). The van der Waals surface area contributed by atoms with E-state index in [2.05, 4.69) is 20.6 Å². The van der Waals surface area contributed by atoms with Gasteiger partial charge in [0.25, 0.3) is 0 Å². The molecule has 0 bridgehead atoms. The summed E-state index contributed by atoms with van der Waals surface area (Å²) < 4.78 is 11.9. The molecule has 1 saturated carbocycles. The maximum Gasteiger partial charge on any atom is 0.317 e. The summed E-state index contributed by atoms with van der Waals surface area (Å²) in [7, 11) is 0. The lowest BCUT2D eigenvalue weighted by Gasteiger charge is -2.31. The monoisotopic (exact) mass is 347 g/mol. The zero-order chi connectivity index (χ0) is 17.1. The molecule has 2 aliphatic heterocycles. The third-order valence-electron chi connectivity index (χ3n) is 4.96. The van der Waals surface area contributed by atoms with Crippen molar-refractivity contribution < 1.29 is 14.3 Å². The van der Waals surface area contributed by atoms with Gasteiger partial charge in [0.2, 0.25) is 0 Å². The lowest BCUT2D eigenvalue weighted by atomic mass is 9.94. The largest absolute Gasteiger partial charge is 0.377 e. The highest BCUT2D eigenvalue weighted by atomic mass is 16.5. The van der Waals surface area contributed by atoms with Gasteiger partial charge in [-0.2, -0.15) is 0 Å². The second-order valence-electron chi connectivity index (χ2n) is 7.23. The summed E-state index contributed by atoms with van der Waals surface area (Å²) in [4.78, 5) is 22.5. The number of carbonyl (C=O) groups excluding carboxylic acids is 1. The van der Waals surface area contributed by atoms with Crippen molar-refractivity contribution in [3.8, 4) is 0 Å². The number of anilines is 1. The van der Waals surface area contributed by atoms with Gasteiger partial charge in [0, 0.05) is 37.4 Å². The summed E-state index contributed by atoms with van der Waals surface area (Å²) in [6.07, 6.45) is 8.09. The third kappa shape index (κ3) is 4.19. The van der Waals surface area contributed by atoms with Crippen molar-refractivity contribution >= 4 is 11.8 Å². The molecule has 0 aromatic carbocycles. The molecule has 136 valence electrons. The molecular weight excluding hydrogens is 322 g/mol. The molecule has 2 saturated heterocycles. The van der Waals surface area contributed by atoms with Crippen molar-refractivity contribution in [1.29, 1.82) is 0 Å². The summed E-state index contributed by atoms with van der Waals surface area (Å²) >= 11 is 0. The van der Waals surface area contributed by atoms with Crippen LogP contribution in [0.2, 0.25) is 0 Å². The quantitative estimate of drug-likeness (QED) is 0.840. The minimum absolute atomic E-state index is 0.0112. The van der Waals surface area contributed by atoms with E-state index in [4.69, 9.17) is 9.47 Å². The van der Waals surface area contributed by atoms with E-state index in [1.165, 1.54) is 0 Å². The van der Waals surface area contributed by atoms with E-state index in [9.17, 15) is 4.79 Å². The van der Waals surface area contributed by atoms with Crippen molar-refractivity contribution in [1.82, 2.24) is 20.2 Å². The molecule has 8 heteroatoms. The highest BCUT2D eigenvalue weighted by molar-refractivity contribution is 5.75. The van der Waals surface area contributed by atoms with Gasteiger partial charge in [0.15, 0.2) is 0 Å². The Hall–Kier alpha value is -1.93. The fourth-order valence-corrected chi connectivity index (χ4v) is 3.49. The molecule has 3 heterocycles. The Morgan fingerprint density at radius 1 is 1.40 bits per heavy atom. The maximum atomic E-state index is 12.4. The summed E-state index contributed by atoms with van der Waals surface area (Å²) in [6.45, 7) is 3.75. The Balaban J connectivity index is 1.33. The van der Waals surface area contributed by atoms with Gasteiger partial charge in [-0.25, -0.2) is 9.78 Å². The van der Waals surface area contributed by atoms with Crippen LogP contribution >= 0.6 is 0 Å². The zero-order valence-corrected chi connectivity index (χ0v) is 14.3. The summed E-state index contributed by atoms with van der Waals surface area (Å²) in [5.41, 5.74) is -0.397. The van der Waals surface area contributed by atoms with Crippen LogP contribution in [0.4, 0.5) is 10.6 Å². The second kappa shape index (κ2) is 7.13. The van der Waals surface area contributed by atoms with Crippen LogP contribution in [0.25, 0.3) is 0 Å². The summed E-state index contributed by atoms with van der Waals surface area (Å²) in [5, 5.41) is 6.37. The van der Waals surface area contributed by atoms with E-state index in [1.807, 2.05) is 4.90 Å². The molecule has 0 radical (unpaired) electrons. The van der Waals surface area contributed by atoms with Crippen LogP contribution in [0, 0.1) is 5.92 Å². The van der Waals surface area contributed by atoms with Crippen LogP contribution in [0.3, 0.4) is 0 Å². The molecule has 1 spiro atoms. The molecule has 2 amide bonds. The van der Waals surface area contributed by atoms with Crippen LogP contribution in [0.15, 0.2) is 18.6 Å². The topological polar surface area (TPSA) is 88.6 Å². The SMILES string of the molecule is O=C(NC1CC1)N1CCOCC2(CC(CNc3cnccn3)CO2)C1. The second-order valence-corrected chi connectivity index (χ2v) is 7.23. The van der Waals surface area contributed by atoms with E-state index in [0.29, 0.717) is 44.9 Å². The first kappa shape index (κ1) is 16.5. The minimum atomic E-state index is -0.397. The third-order valence-corrected chi connectivity index (χ3v) is 4.96. The van der Waals surface area contributed by atoms with Crippen molar-refractivity contribution in [2.75, 3.05) is 44.8 Å². The molecule has 3 fully saturated rings. The van der Waals surface area contributed by atoms with Gasteiger partial charge < -0.3 is 25.0 Å². The summed E-state index contributed by atoms with van der Waals surface area (Å²) in [6, 6.07) is 0.373. The molecule has 8 nitrogen and oxygen atoms in total. The molecule has 1 aromatic heterocycles. The van der Waals surface area contributed by atoms with E-state index in [-0.39, 0.29) is 6.03 Å². The molecule has 1 aromatic rings. The Morgan fingerprint density at radius 3 is 3.12 bits per heavy atom. The lowest BCUT2D eigenvalue weighted by Crippen LogP contribution is -2.50. The molecule has 3 aliphatic rings. The van der Waals surface area contributed by atoms with Gasteiger partial charge >= 0.3 is 6.03 Å². The highest BCUT2D eigenvalue weighted by Crippen LogP contribution is 2.33. The van der Waals surface area contributed by atoms with Gasteiger partial charge in [0.05, 0.1) is 32.6 Å². The minimum Gasteiger partial charge on any atom is -0.377 e. The summed E-state index contributed by atoms with van der Waals surface area (Å²) in [5.74, 6) is 1.13. The number of urea groups is 1. The van der Waals surface area contributed by atoms with Gasteiger partial charge in [-0.05, 0) is 19.3 Å². The number of hydrogen-bond donors (Lipinski definition) is 2. The Kier molecular flexibility index (Phi) is 4.72. The number of aromatic nitrogens is 2. The number of nitrogens with one attached hydrogen (secondary N) is 2. The number of rotatable bonds is 4. The average molecular weight is 347 g/mol. The predicted octanol–water partition coefficient (Wildman–Crippen LogP) is 0.868. The van der Waals surface area contributed by atoms with Gasteiger partial charge in [-0.1, -0.05) is 0 Å². The standard InChI is InChI=1S/C17H25N5O3/c23-16(21-14-1-2-14)22-5-6-24-12-17(11-22)7-13(10-25-17)8-20-15-9-18-3-4-19-15/h3-4,9,13-14H,1-2,5-8,10-12H2,(H,19,20)(H,21,23). The van der Waals surface area contributed by atoms with Gasteiger partial charge in [0.1, 0.15) is 11.4 Å². The maximum absolute atomic E-state index is 12.4.